The van der Waals surface area contributed by atoms with Crippen molar-refractivity contribution in [3.05, 3.63) is 0 Å². The second-order valence-corrected chi connectivity index (χ2v) is 7.78. The van der Waals surface area contributed by atoms with Crippen LogP contribution in [0.1, 0.15) is 53.9 Å². The van der Waals surface area contributed by atoms with E-state index in [0.717, 1.165) is 12.1 Å². The molecule has 0 aromatic carbocycles. The fourth-order valence-electron chi connectivity index (χ4n) is 3.82. The van der Waals surface area contributed by atoms with Crippen LogP contribution in [0.5, 0.6) is 0 Å². The third-order valence-electron chi connectivity index (χ3n) is 5.38. The van der Waals surface area contributed by atoms with Crippen molar-refractivity contribution in [3.63, 3.8) is 0 Å². The Balaban J connectivity index is 2.04. The minimum Gasteiger partial charge on any atom is -0.311 e. The average Bonchev–Trinajstić information content (AvgIpc) is 2.45. The van der Waals surface area contributed by atoms with Crippen LogP contribution < -0.4 is 5.32 Å². The maximum atomic E-state index is 3.80. The number of hydrogen-bond donors (Lipinski definition) is 1. The first kappa shape index (κ1) is 16.3. The smallest absolute Gasteiger partial charge is 0.0244 e. The Morgan fingerprint density at radius 1 is 1.15 bits per heavy atom. The molecule has 2 fully saturated rings. The molecule has 0 radical (unpaired) electrons. The summed E-state index contributed by atoms with van der Waals surface area (Å²) in [6.07, 6.45) is 4.04. The van der Waals surface area contributed by atoms with Crippen LogP contribution >= 0.6 is 0 Å². The molecular weight excluding hydrogens is 246 g/mol. The molecule has 3 nitrogen and oxygen atoms in total. The fourth-order valence-corrected chi connectivity index (χ4v) is 3.82. The van der Waals surface area contributed by atoms with Crippen LogP contribution in [0.25, 0.3) is 0 Å². The molecule has 2 aliphatic heterocycles. The van der Waals surface area contributed by atoms with Crippen LogP contribution in [0.2, 0.25) is 0 Å². The molecule has 20 heavy (non-hydrogen) atoms. The molecule has 0 aromatic heterocycles. The van der Waals surface area contributed by atoms with Crippen LogP contribution in [0.4, 0.5) is 0 Å². The Morgan fingerprint density at radius 3 is 2.50 bits per heavy atom. The van der Waals surface area contributed by atoms with Gasteiger partial charge in [-0.1, -0.05) is 34.6 Å². The summed E-state index contributed by atoms with van der Waals surface area (Å²) in [6.45, 7) is 17.9. The Morgan fingerprint density at radius 2 is 1.90 bits per heavy atom. The first-order chi connectivity index (χ1) is 9.45. The van der Waals surface area contributed by atoms with Gasteiger partial charge in [-0.05, 0) is 37.8 Å². The molecule has 0 aromatic rings. The first-order valence-corrected chi connectivity index (χ1v) is 8.67. The highest BCUT2D eigenvalue weighted by atomic mass is 15.3. The number of piperazine rings is 1. The average molecular weight is 281 g/mol. The first-order valence-electron chi connectivity index (χ1n) is 8.67. The predicted molar refractivity (Wildman–Crippen MR) is 87.2 cm³/mol. The van der Waals surface area contributed by atoms with Gasteiger partial charge in [0.1, 0.15) is 0 Å². The third kappa shape index (κ3) is 3.75. The summed E-state index contributed by atoms with van der Waals surface area (Å²) in [6, 6.07) is 2.14. The van der Waals surface area contributed by atoms with Gasteiger partial charge in [0.15, 0.2) is 0 Å². The van der Waals surface area contributed by atoms with Gasteiger partial charge in [-0.15, -0.1) is 0 Å². The number of piperidine rings is 1. The van der Waals surface area contributed by atoms with Gasteiger partial charge in [-0.25, -0.2) is 0 Å². The minimum atomic E-state index is 0.357. The molecule has 2 heterocycles. The topological polar surface area (TPSA) is 18.5 Å². The molecule has 0 saturated carbocycles. The lowest BCUT2D eigenvalue weighted by Gasteiger charge is -2.50. The van der Waals surface area contributed by atoms with Crippen molar-refractivity contribution in [1.29, 1.82) is 0 Å². The molecule has 3 heteroatoms. The summed E-state index contributed by atoms with van der Waals surface area (Å²) in [5.41, 5.74) is 0.357. The molecule has 1 N–H and O–H groups in total. The number of nitrogens with one attached hydrogen (secondary N) is 1. The van der Waals surface area contributed by atoms with Crippen LogP contribution in [0.3, 0.4) is 0 Å². The lowest BCUT2D eigenvalue weighted by molar-refractivity contribution is 0.0157. The molecule has 2 rings (SSSR count). The molecule has 0 bridgehead atoms. The van der Waals surface area contributed by atoms with Gasteiger partial charge < -0.3 is 10.2 Å². The lowest BCUT2D eigenvalue weighted by Crippen LogP contribution is -2.64. The Kier molecular flexibility index (Phi) is 5.49. The monoisotopic (exact) mass is 281 g/mol. The van der Waals surface area contributed by atoms with E-state index >= 15 is 0 Å². The van der Waals surface area contributed by atoms with Crippen molar-refractivity contribution >= 4 is 0 Å². The molecule has 3 unspecified atom stereocenters. The highest BCUT2D eigenvalue weighted by Crippen LogP contribution is 2.28. The van der Waals surface area contributed by atoms with Gasteiger partial charge in [-0.3, -0.25) is 4.90 Å². The number of likely N-dealkylation sites (tertiary alicyclic amines) is 1. The van der Waals surface area contributed by atoms with Gasteiger partial charge in [-0.2, -0.15) is 0 Å². The number of likely N-dealkylation sites (N-methyl/N-ethyl adjacent to an activating group) is 1. The summed E-state index contributed by atoms with van der Waals surface area (Å²) >= 11 is 0. The van der Waals surface area contributed by atoms with E-state index in [0.29, 0.717) is 11.5 Å². The molecule has 118 valence electrons. The van der Waals surface area contributed by atoms with E-state index in [1.54, 1.807) is 0 Å². The normalized spacial score (nSPS) is 34.4. The van der Waals surface area contributed by atoms with Crippen molar-refractivity contribution in [2.75, 3.05) is 32.7 Å². The lowest BCUT2D eigenvalue weighted by atomic mass is 9.83. The number of hydrogen-bond acceptors (Lipinski definition) is 3. The van der Waals surface area contributed by atoms with Gasteiger partial charge in [0.25, 0.3) is 0 Å². The molecule has 0 amide bonds. The number of nitrogens with zero attached hydrogens (tertiary/aromatic N) is 2. The second kappa shape index (κ2) is 6.76. The molecule has 2 aliphatic rings. The maximum absolute atomic E-state index is 3.80. The van der Waals surface area contributed by atoms with Crippen LogP contribution in [0, 0.1) is 5.41 Å². The van der Waals surface area contributed by atoms with Crippen molar-refractivity contribution in [1.82, 2.24) is 15.1 Å². The molecular formula is C17H35N3. The van der Waals surface area contributed by atoms with Gasteiger partial charge in [0, 0.05) is 37.8 Å². The molecule has 2 saturated heterocycles. The molecule has 0 spiro atoms. The number of rotatable bonds is 3. The molecule has 0 aliphatic carbocycles. The standard InChI is InChI=1S/C17H35N3/c1-6-14-11-18-16(17(3,4)5)13-20(14)15-9-8-10-19(7-2)12-15/h14-16,18H,6-13H2,1-5H3. The van der Waals surface area contributed by atoms with Gasteiger partial charge in [0.05, 0.1) is 0 Å². The summed E-state index contributed by atoms with van der Waals surface area (Å²) in [5.74, 6) is 0. The van der Waals surface area contributed by atoms with E-state index < -0.39 is 0 Å². The molecule has 3 atom stereocenters. The highest BCUT2D eigenvalue weighted by molar-refractivity contribution is 4.95. The summed E-state index contributed by atoms with van der Waals surface area (Å²) < 4.78 is 0. The third-order valence-corrected chi connectivity index (χ3v) is 5.38. The SMILES string of the molecule is CCC1CNC(C(C)(C)C)CN1C1CCCN(CC)C1. The van der Waals surface area contributed by atoms with Gasteiger partial charge in [0.2, 0.25) is 0 Å². The Bertz CT molecular complexity index is 297. The minimum absolute atomic E-state index is 0.357. The van der Waals surface area contributed by atoms with Crippen molar-refractivity contribution in [2.24, 2.45) is 5.41 Å². The van der Waals surface area contributed by atoms with Crippen LogP contribution in [-0.2, 0) is 0 Å². The van der Waals surface area contributed by atoms with E-state index in [-0.39, 0.29) is 0 Å². The summed E-state index contributed by atoms with van der Waals surface area (Å²) in [5, 5.41) is 3.80. The second-order valence-electron chi connectivity index (χ2n) is 7.78. The Hall–Kier alpha value is -0.120. The summed E-state index contributed by atoms with van der Waals surface area (Å²) in [4.78, 5) is 5.48. The van der Waals surface area contributed by atoms with Gasteiger partial charge >= 0.3 is 0 Å². The van der Waals surface area contributed by atoms with Crippen molar-refractivity contribution in [3.8, 4) is 0 Å². The fraction of sp³-hybridized carbons (Fsp3) is 1.00. The van der Waals surface area contributed by atoms with Crippen LogP contribution in [0.15, 0.2) is 0 Å². The predicted octanol–water partition coefficient (Wildman–Crippen LogP) is 2.57. The maximum Gasteiger partial charge on any atom is 0.0244 e. The van der Waals surface area contributed by atoms with E-state index in [1.807, 2.05) is 0 Å². The summed E-state index contributed by atoms with van der Waals surface area (Å²) in [7, 11) is 0. The van der Waals surface area contributed by atoms with E-state index in [2.05, 4.69) is 49.7 Å². The zero-order valence-electron chi connectivity index (χ0n) is 14.3. The van der Waals surface area contributed by atoms with Crippen molar-refractivity contribution in [2.45, 2.75) is 72.0 Å². The van der Waals surface area contributed by atoms with E-state index in [1.165, 1.54) is 52.0 Å². The van der Waals surface area contributed by atoms with Crippen LogP contribution in [-0.4, -0.2) is 60.6 Å². The highest BCUT2D eigenvalue weighted by Gasteiger charge is 2.37. The quantitative estimate of drug-likeness (QED) is 0.858. The Labute approximate surface area is 126 Å². The van der Waals surface area contributed by atoms with E-state index in [4.69, 9.17) is 0 Å². The largest absolute Gasteiger partial charge is 0.311 e. The zero-order valence-corrected chi connectivity index (χ0v) is 14.3. The van der Waals surface area contributed by atoms with E-state index in [9.17, 15) is 0 Å². The zero-order chi connectivity index (χ0) is 14.8. The van der Waals surface area contributed by atoms with Crippen molar-refractivity contribution < 1.29 is 0 Å².